The molecule has 2 aromatic carbocycles. The van der Waals surface area contributed by atoms with Gasteiger partial charge in [0.05, 0.1) is 0 Å². The Hall–Kier alpha value is -2.04. The van der Waals surface area contributed by atoms with E-state index in [9.17, 15) is 9.90 Å². The lowest BCUT2D eigenvalue weighted by Gasteiger charge is -2.39. The van der Waals surface area contributed by atoms with Gasteiger partial charge in [0.15, 0.2) is 0 Å². The van der Waals surface area contributed by atoms with Crippen molar-refractivity contribution < 1.29 is 9.90 Å². The van der Waals surface area contributed by atoms with Crippen LogP contribution in [0.3, 0.4) is 0 Å². The van der Waals surface area contributed by atoms with E-state index in [1.165, 1.54) is 0 Å². The van der Waals surface area contributed by atoms with E-state index in [2.05, 4.69) is 4.90 Å². The summed E-state index contributed by atoms with van der Waals surface area (Å²) in [5.74, 6) is -0.799. The Kier molecular flexibility index (Phi) is 4.84. The monoisotopic (exact) mass is 330 g/mol. The van der Waals surface area contributed by atoms with Crippen molar-refractivity contribution >= 4 is 23.3 Å². The summed E-state index contributed by atoms with van der Waals surface area (Å²) in [6.45, 7) is 2.99. The number of carboxylic acid groups (broad SMARTS) is 1. The lowest BCUT2D eigenvalue weighted by Crippen LogP contribution is -2.49. The number of hydrogen-bond acceptors (Lipinski definition) is 3. The van der Waals surface area contributed by atoms with Gasteiger partial charge in [0.1, 0.15) is 6.04 Å². The summed E-state index contributed by atoms with van der Waals surface area (Å²) >= 11 is 6.05. The first-order chi connectivity index (χ1) is 11.1. The molecule has 0 amide bonds. The third-order valence-corrected chi connectivity index (χ3v) is 4.44. The van der Waals surface area contributed by atoms with Crippen LogP contribution in [0.15, 0.2) is 54.6 Å². The van der Waals surface area contributed by atoms with Crippen molar-refractivity contribution in [2.24, 2.45) is 0 Å². The maximum absolute atomic E-state index is 11.7. The molecule has 1 N–H and O–H groups in total. The van der Waals surface area contributed by atoms with Gasteiger partial charge in [0, 0.05) is 36.9 Å². The minimum absolute atomic E-state index is 0.585. The third kappa shape index (κ3) is 3.66. The number of carboxylic acids is 1. The summed E-state index contributed by atoms with van der Waals surface area (Å²) in [5, 5.41) is 10.3. The number of benzene rings is 2. The minimum atomic E-state index is -0.799. The molecule has 0 bridgehead atoms. The summed E-state index contributed by atoms with van der Waals surface area (Å²) in [7, 11) is 0. The molecule has 1 heterocycles. The Morgan fingerprint density at radius 2 is 1.70 bits per heavy atom. The highest BCUT2D eigenvalue weighted by Gasteiger charge is 2.30. The van der Waals surface area contributed by atoms with Crippen molar-refractivity contribution in [3.63, 3.8) is 0 Å². The Morgan fingerprint density at radius 3 is 2.30 bits per heavy atom. The van der Waals surface area contributed by atoms with E-state index < -0.39 is 12.0 Å². The van der Waals surface area contributed by atoms with Crippen molar-refractivity contribution in [3.8, 4) is 0 Å². The van der Waals surface area contributed by atoms with E-state index in [4.69, 9.17) is 11.6 Å². The van der Waals surface area contributed by atoms with Crippen molar-refractivity contribution in [3.05, 3.63) is 65.2 Å². The van der Waals surface area contributed by atoms with E-state index >= 15 is 0 Å². The second kappa shape index (κ2) is 7.02. The predicted octanol–water partition coefficient (Wildman–Crippen LogP) is 3.29. The number of carbonyl (C=O) groups is 1. The third-order valence-electron chi connectivity index (χ3n) is 4.20. The van der Waals surface area contributed by atoms with Crippen LogP contribution < -0.4 is 4.90 Å². The number of halogens is 1. The molecule has 1 atom stereocenters. The topological polar surface area (TPSA) is 43.8 Å². The van der Waals surface area contributed by atoms with Gasteiger partial charge in [-0.15, -0.1) is 0 Å². The predicted molar refractivity (Wildman–Crippen MR) is 92.1 cm³/mol. The standard InChI is InChI=1S/C18H19ClN2O2/c19-15-7-4-8-16(13-15)20-9-11-21(12-10-20)17(18(22)23)14-5-2-1-3-6-14/h1-8,13,17H,9-12H2,(H,22,23)/t17-/m1/s1. The van der Waals surface area contributed by atoms with E-state index in [1.807, 2.05) is 59.5 Å². The van der Waals surface area contributed by atoms with Crippen LogP contribution in [0.5, 0.6) is 0 Å². The number of anilines is 1. The van der Waals surface area contributed by atoms with Crippen LogP contribution in [0.25, 0.3) is 0 Å². The van der Waals surface area contributed by atoms with E-state index in [0.29, 0.717) is 13.1 Å². The first kappa shape index (κ1) is 15.8. The van der Waals surface area contributed by atoms with Gasteiger partial charge in [-0.25, -0.2) is 0 Å². The average molecular weight is 331 g/mol. The van der Waals surface area contributed by atoms with Gasteiger partial charge >= 0.3 is 5.97 Å². The average Bonchev–Trinajstić information content (AvgIpc) is 2.56. The van der Waals surface area contributed by atoms with Crippen LogP contribution >= 0.6 is 11.6 Å². The van der Waals surface area contributed by atoms with E-state index in [0.717, 1.165) is 29.4 Å². The first-order valence-corrected chi connectivity index (χ1v) is 8.05. The Labute approximate surface area is 140 Å². The number of nitrogens with zero attached hydrogens (tertiary/aromatic N) is 2. The van der Waals surface area contributed by atoms with Crippen molar-refractivity contribution in [1.82, 2.24) is 4.90 Å². The summed E-state index contributed by atoms with van der Waals surface area (Å²) in [6.07, 6.45) is 0. The Morgan fingerprint density at radius 1 is 1.00 bits per heavy atom. The number of hydrogen-bond donors (Lipinski definition) is 1. The SMILES string of the molecule is O=C(O)[C@@H](c1ccccc1)N1CCN(c2cccc(Cl)c2)CC1. The zero-order valence-corrected chi connectivity index (χ0v) is 13.5. The quantitative estimate of drug-likeness (QED) is 0.934. The molecule has 23 heavy (non-hydrogen) atoms. The van der Waals surface area contributed by atoms with Gasteiger partial charge in [-0.1, -0.05) is 48.0 Å². The normalized spacial score (nSPS) is 17.0. The van der Waals surface area contributed by atoms with Crippen LogP contribution in [0.4, 0.5) is 5.69 Å². The fraction of sp³-hybridized carbons (Fsp3) is 0.278. The number of piperazine rings is 1. The second-order valence-corrected chi connectivity index (χ2v) is 6.09. The molecule has 0 saturated carbocycles. The summed E-state index contributed by atoms with van der Waals surface area (Å²) < 4.78 is 0. The van der Waals surface area contributed by atoms with Gasteiger partial charge in [0.2, 0.25) is 0 Å². The van der Waals surface area contributed by atoms with Gasteiger partial charge in [0.25, 0.3) is 0 Å². The molecule has 0 aromatic heterocycles. The second-order valence-electron chi connectivity index (χ2n) is 5.65. The molecule has 3 rings (SSSR count). The van der Waals surface area contributed by atoms with Crippen molar-refractivity contribution in [1.29, 1.82) is 0 Å². The molecule has 0 spiro atoms. The summed E-state index contributed by atoms with van der Waals surface area (Å²) in [5.41, 5.74) is 1.92. The molecule has 4 nitrogen and oxygen atoms in total. The maximum Gasteiger partial charge on any atom is 0.325 e. The molecule has 0 aliphatic carbocycles. The largest absolute Gasteiger partial charge is 0.480 e. The molecule has 1 aliphatic rings. The molecular weight excluding hydrogens is 312 g/mol. The molecule has 2 aromatic rings. The van der Waals surface area contributed by atoms with Crippen molar-refractivity contribution in [2.45, 2.75) is 6.04 Å². The first-order valence-electron chi connectivity index (χ1n) is 7.67. The van der Waals surface area contributed by atoms with Crippen LogP contribution in [0.1, 0.15) is 11.6 Å². The Balaban J connectivity index is 1.71. The van der Waals surface area contributed by atoms with Crippen LogP contribution in [0.2, 0.25) is 5.02 Å². The Bertz CT molecular complexity index is 670. The molecule has 0 radical (unpaired) electrons. The maximum atomic E-state index is 11.7. The smallest absolute Gasteiger partial charge is 0.325 e. The summed E-state index contributed by atoms with van der Waals surface area (Å²) in [6, 6.07) is 16.6. The minimum Gasteiger partial charge on any atom is -0.480 e. The van der Waals surface area contributed by atoms with Gasteiger partial charge in [-0.3, -0.25) is 9.69 Å². The molecule has 1 fully saturated rings. The van der Waals surface area contributed by atoms with Crippen LogP contribution in [-0.2, 0) is 4.79 Å². The highest BCUT2D eigenvalue weighted by Crippen LogP contribution is 2.25. The van der Waals surface area contributed by atoms with Crippen molar-refractivity contribution in [2.75, 3.05) is 31.1 Å². The molecule has 5 heteroatoms. The van der Waals surface area contributed by atoms with Gasteiger partial charge in [-0.2, -0.15) is 0 Å². The molecular formula is C18H19ClN2O2. The van der Waals surface area contributed by atoms with Crippen LogP contribution in [-0.4, -0.2) is 42.2 Å². The summed E-state index contributed by atoms with van der Waals surface area (Å²) in [4.78, 5) is 16.0. The molecule has 0 unspecified atom stereocenters. The molecule has 1 aliphatic heterocycles. The molecule has 1 saturated heterocycles. The molecule has 120 valence electrons. The van der Waals surface area contributed by atoms with Gasteiger partial charge < -0.3 is 10.0 Å². The lowest BCUT2D eigenvalue weighted by atomic mass is 10.0. The highest BCUT2D eigenvalue weighted by molar-refractivity contribution is 6.30. The zero-order chi connectivity index (χ0) is 16.2. The van der Waals surface area contributed by atoms with Gasteiger partial charge in [-0.05, 0) is 23.8 Å². The lowest BCUT2D eigenvalue weighted by molar-refractivity contribution is -0.143. The highest BCUT2D eigenvalue weighted by atomic mass is 35.5. The fourth-order valence-electron chi connectivity index (χ4n) is 3.06. The van der Waals surface area contributed by atoms with Crippen LogP contribution in [0, 0.1) is 0 Å². The van der Waals surface area contributed by atoms with E-state index in [1.54, 1.807) is 0 Å². The fourth-order valence-corrected chi connectivity index (χ4v) is 3.24. The number of rotatable bonds is 4. The zero-order valence-electron chi connectivity index (χ0n) is 12.7. The number of aliphatic carboxylic acids is 1. The van der Waals surface area contributed by atoms with E-state index in [-0.39, 0.29) is 0 Å².